The zero-order valence-electron chi connectivity index (χ0n) is 9.18. The fourth-order valence-corrected chi connectivity index (χ4v) is 1.84. The van der Waals surface area contributed by atoms with Gasteiger partial charge in [0.2, 0.25) is 0 Å². The van der Waals surface area contributed by atoms with E-state index in [1.54, 1.807) is 0 Å². The number of aromatic nitrogens is 1. The zero-order chi connectivity index (χ0) is 10.3. The molecule has 0 aliphatic heterocycles. The number of fused-ring (bicyclic) bond motifs is 1. The van der Waals surface area contributed by atoms with Gasteiger partial charge in [-0.05, 0) is 56.0 Å². The van der Waals surface area contributed by atoms with Crippen molar-refractivity contribution in [3.8, 4) is 0 Å². The van der Waals surface area contributed by atoms with Crippen molar-refractivity contribution in [2.45, 2.75) is 27.7 Å². The van der Waals surface area contributed by atoms with Gasteiger partial charge in [0.25, 0.3) is 0 Å². The maximum atomic E-state index is 4.44. The quantitative estimate of drug-likeness (QED) is 0.612. The van der Waals surface area contributed by atoms with Gasteiger partial charge in [-0.2, -0.15) is 0 Å². The predicted molar refractivity (Wildman–Crippen MR) is 60.7 cm³/mol. The normalized spacial score (nSPS) is 10.9. The molecule has 1 heterocycles. The molecule has 0 atom stereocenters. The Hall–Kier alpha value is -1.37. The smallest absolute Gasteiger partial charge is 0.0707 e. The van der Waals surface area contributed by atoms with E-state index in [0.717, 1.165) is 5.52 Å². The first-order valence-electron chi connectivity index (χ1n) is 4.93. The summed E-state index contributed by atoms with van der Waals surface area (Å²) in [5.41, 5.74) is 6.43. The lowest BCUT2D eigenvalue weighted by Gasteiger charge is -2.09. The minimum Gasteiger partial charge on any atom is -0.256 e. The van der Waals surface area contributed by atoms with E-state index in [2.05, 4.69) is 44.8 Å². The van der Waals surface area contributed by atoms with Crippen LogP contribution in [0.25, 0.3) is 10.9 Å². The monoisotopic (exact) mass is 185 g/mol. The van der Waals surface area contributed by atoms with Gasteiger partial charge in [-0.3, -0.25) is 4.98 Å². The van der Waals surface area contributed by atoms with Crippen LogP contribution in [0.15, 0.2) is 18.3 Å². The van der Waals surface area contributed by atoms with E-state index < -0.39 is 0 Å². The summed E-state index contributed by atoms with van der Waals surface area (Å²) in [6.45, 7) is 8.61. The summed E-state index contributed by atoms with van der Waals surface area (Å²) in [4.78, 5) is 4.44. The van der Waals surface area contributed by atoms with Crippen LogP contribution in [0.4, 0.5) is 0 Å². The van der Waals surface area contributed by atoms with Crippen molar-refractivity contribution in [2.75, 3.05) is 0 Å². The zero-order valence-corrected chi connectivity index (χ0v) is 9.18. The van der Waals surface area contributed by atoms with E-state index >= 15 is 0 Å². The molecule has 1 aromatic carbocycles. The second-order valence-electron chi connectivity index (χ2n) is 3.97. The molecule has 0 unspecified atom stereocenters. The summed E-state index contributed by atoms with van der Waals surface area (Å²) >= 11 is 0. The Bertz CT molecular complexity index is 455. The maximum Gasteiger partial charge on any atom is 0.0707 e. The Morgan fingerprint density at radius 1 is 0.857 bits per heavy atom. The molecular weight excluding hydrogens is 170 g/mol. The molecule has 1 nitrogen and oxygen atoms in total. The van der Waals surface area contributed by atoms with Crippen LogP contribution in [0.3, 0.4) is 0 Å². The molecule has 0 radical (unpaired) electrons. The maximum absolute atomic E-state index is 4.44. The lowest BCUT2D eigenvalue weighted by molar-refractivity contribution is 1.25. The summed E-state index contributed by atoms with van der Waals surface area (Å²) in [6.07, 6.45) is 1.95. The van der Waals surface area contributed by atoms with Crippen molar-refractivity contribution in [2.24, 2.45) is 0 Å². The van der Waals surface area contributed by atoms with E-state index in [4.69, 9.17) is 0 Å². The lowest BCUT2D eigenvalue weighted by Crippen LogP contribution is -1.92. The minimum absolute atomic E-state index is 1.11. The summed E-state index contributed by atoms with van der Waals surface area (Å²) in [6, 6.07) is 4.24. The largest absolute Gasteiger partial charge is 0.256 e. The number of pyridine rings is 1. The Balaban J connectivity index is 2.98. The standard InChI is InChI=1S/C13H15N/c1-8-5-6-12-13(10(8)3)11(4)9(2)7-14-12/h5-7H,1-4H3. The van der Waals surface area contributed by atoms with Crippen molar-refractivity contribution >= 4 is 10.9 Å². The van der Waals surface area contributed by atoms with Crippen LogP contribution in [-0.4, -0.2) is 4.98 Å². The van der Waals surface area contributed by atoms with E-state index in [1.807, 2.05) is 6.20 Å². The molecule has 0 aliphatic rings. The fourth-order valence-electron chi connectivity index (χ4n) is 1.84. The third-order valence-corrected chi connectivity index (χ3v) is 3.08. The minimum atomic E-state index is 1.11. The average Bonchev–Trinajstić information content (AvgIpc) is 2.17. The van der Waals surface area contributed by atoms with Gasteiger partial charge in [0.05, 0.1) is 5.52 Å². The van der Waals surface area contributed by atoms with Crippen LogP contribution >= 0.6 is 0 Å². The number of aryl methyl sites for hydroxylation is 4. The molecule has 2 aromatic rings. The van der Waals surface area contributed by atoms with Crippen LogP contribution in [0.2, 0.25) is 0 Å². The third-order valence-electron chi connectivity index (χ3n) is 3.08. The van der Waals surface area contributed by atoms with Gasteiger partial charge in [-0.15, -0.1) is 0 Å². The van der Waals surface area contributed by atoms with Gasteiger partial charge in [0.1, 0.15) is 0 Å². The molecule has 1 heteroatoms. The van der Waals surface area contributed by atoms with Gasteiger partial charge in [0.15, 0.2) is 0 Å². The molecule has 72 valence electrons. The first-order chi connectivity index (χ1) is 6.61. The van der Waals surface area contributed by atoms with Gasteiger partial charge < -0.3 is 0 Å². The molecular formula is C13H15N. The molecule has 0 N–H and O–H groups in total. The summed E-state index contributed by atoms with van der Waals surface area (Å²) in [5, 5.41) is 1.32. The van der Waals surface area contributed by atoms with Gasteiger partial charge in [-0.25, -0.2) is 0 Å². The summed E-state index contributed by atoms with van der Waals surface area (Å²) in [7, 11) is 0. The van der Waals surface area contributed by atoms with Crippen molar-refractivity contribution in [1.82, 2.24) is 4.98 Å². The number of nitrogens with zero attached hydrogens (tertiary/aromatic N) is 1. The fraction of sp³-hybridized carbons (Fsp3) is 0.308. The van der Waals surface area contributed by atoms with Crippen LogP contribution in [0.5, 0.6) is 0 Å². The highest BCUT2D eigenvalue weighted by atomic mass is 14.7. The Labute approximate surface area is 84.8 Å². The van der Waals surface area contributed by atoms with E-state index in [-0.39, 0.29) is 0 Å². The highest BCUT2D eigenvalue weighted by Crippen LogP contribution is 2.24. The van der Waals surface area contributed by atoms with Crippen molar-refractivity contribution in [3.05, 3.63) is 40.6 Å². The summed E-state index contributed by atoms with van der Waals surface area (Å²) < 4.78 is 0. The van der Waals surface area contributed by atoms with E-state index in [0.29, 0.717) is 0 Å². The van der Waals surface area contributed by atoms with E-state index in [9.17, 15) is 0 Å². The molecule has 1 aromatic heterocycles. The molecule has 0 bridgehead atoms. The second kappa shape index (κ2) is 3.09. The molecule has 2 rings (SSSR count). The van der Waals surface area contributed by atoms with Gasteiger partial charge >= 0.3 is 0 Å². The van der Waals surface area contributed by atoms with Crippen molar-refractivity contribution in [3.63, 3.8) is 0 Å². The SMILES string of the molecule is Cc1ccc2ncc(C)c(C)c2c1C. The molecule has 0 spiro atoms. The van der Waals surface area contributed by atoms with Crippen molar-refractivity contribution in [1.29, 1.82) is 0 Å². The first kappa shape index (κ1) is 9.20. The number of hydrogen-bond donors (Lipinski definition) is 0. The average molecular weight is 185 g/mol. The summed E-state index contributed by atoms with van der Waals surface area (Å²) in [5.74, 6) is 0. The third kappa shape index (κ3) is 1.20. The van der Waals surface area contributed by atoms with Crippen LogP contribution in [0, 0.1) is 27.7 Å². The van der Waals surface area contributed by atoms with Crippen molar-refractivity contribution < 1.29 is 0 Å². The Kier molecular flexibility index (Phi) is 2.03. The number of rotatable bonds is 0. The molecule has 14 heavy (non-hydrogen) atoms. The lowest BCUT2D eigenvalue weighted by atomic mass is 9.98. The number of hydrogen-bond acceptors (Lipinski definition) is 1. The topological polar surface area (TPSA) is 12.9 Å². The number of benzene rings is 1. The van der Waals surface area contributed by atoms with Crippen LogP contribution in [0.1, 0.15) is 22.3 Å². The highest BCUT2D eigenvalue weighted by molar-refractivity contribution is 5.87. The highest BCUT2D eigenvalue weighted by Gasteiger charge is 2.05. The predicted octanol–water partition coefficient (Wildman–Crippen LogP) is 3.47. The Morgan fingerprint density at radius 3 is 2.21 bits per heavy atom. The van der Waals surface area contributed by atoms with Crippen LogP contribution in [-0.2, 0) is 0 Å². The van der Waals surface area contributed by atoms with E-state index in [1.165, 1.54) is 27.6 Å². The molecule has 0 saturated carbocycles. The molecule has 0 amide bonds. The Morgan fingerprint density at radius 2 is 1.50 bits per heavy atom. The first-order valence-corrected chi connectivity index (χ1v) is 4.93. The van der Waals surface area contributed by atoms with Gasteiger partial charge in [0, 0.05) is 11.6 Å². The van der Waals surface area contributed by atoms with Crippen LogP contribution < -0.4 is 0 Å². The van der Waals surface area contributed by atoms with Gasteiger partial charge in [-0.1, -0.05) is 6.07 Å². The molecule has 0 fully saturated rings. The molecule has 0 aliphatic carbocycles. The molecule has 0 saturated heterocycles. The second-order valence-corrected chi connectivity index (χ2v) is 3.97.